The number of ether oxygens (including phenoxy) is 1. The summed E-state index contributed by atoms with van der Waals surface area (Å²) in [5.74, 6) is -0.854. The molecule has 0 bridgehead atoms. The van der Waals surface area contributed by atoms with E-state index in [-0.39, 0.29) is 35.1 Å². The van der Waals surface area contributed by atoms with Gasteiger partial charge in [0.05, 0.1) is 16.5 Å². The molecule has 0 spiro atoms. The maximum Gasteiger partial charge on any atom is 0.338 e. The standard InChI is InChI=1S/C23H28N2O5S2/c1-17-6-2-3-14-25(17)32(28,29)19-11-9-18(10-12-19)23(27)30-16-22(26)24-13-4-7-20(24)21-8-5-15-31-21/h5,8-12,15,17,20H,2-4,6-7,13-14,16H2,1H3. The molecule has 32 heavy (non-hydrogen) atoms. The summed E-state index contributed by atoms with van der Waals surface area (Å²) in [5.41, 5.74) is 0.222. The van der Waals surface area contributed by atoms with E-state index in [2.05, 4.69) is 0 Å². The van der Waals surface area contributed by atoms with Gasteiger partial charge >= 0.3 is 5.97 Å². The number of rotatable bonds is 6. The van der Waals surface area contributed by atoms with Crippen LogP contribution >= 0.6 is 11.3 Å². The molecule has 2 aromatic rings. The number of sulfonamides is 1. The Balaban J connectivity index is 1.36. The van der Waals surface area contributed by atoms with Gasteiger partial charge in [-0.3, -0.25) is 4.79 Å². The topological polar surface area (TPSA) is 84.0 Å². The fourth-order valence-electron chi connectivity index (χ4n) is 4.46. The fourth-order valence-corrected chi connectivity index (χ4v) is 7.04. The van der Waals surface area contributed by atoms with Gasteiger partial charge in [-0.2, -0.15) is 4.31 Å². The smallest absolute Gasteiger partial charge is 0.338 e. The Bertz CT molecular complexity index is 1050. The Hall–Kier alpha value is -2.23. The Labute approximate surface area is 193 Å². The molecule has 2 saturated heterocycles. The fraction of sp³-hybridized carbons (Fsp3) is 0.478. The minimum absolute atomic E-state index is 0.0343. The molecule has 2 unspecified atom stereocenters. The highest BCUT2D eigenvalue weighted by atomic mass is 32.2. The lowest BCUT2D eigenvalue weighted by Crippen LogP contribution is -2.41. The number of nitrogens with zero attached hydrogens (tertiary/aromatic N) is 2. The number of likely N-dealkylation sites (tertiary alicyclic amines) is 1. The second-order valence-corrected chi connectivity index (χ2v) is 11.2. The monoisotopic (exact) mass is 476 g/mol. The number of carbonyl (C=O) groups excluding carboxylic acids is 2. The molecule has 0 saturated carbocycles. The summed E-state index contributed by atoms with van der Waals surface area (Å²) in [4.78, 5) is 28.2. The zero-order valence-corrected chi connectivity index (χ0v) is 19.7. The first-order valence-electron chi connectivity index (χ1n) is 11.0. The third-order valence-electron chi connectivity index (χ3n) is 6.21. The van der Waals surface area contributed by atoms with Gasteiger partial charge in [0.15, 0.2) is 6.61 Å². The third-order valence-corrected chi connectivity index (χ3v) is 9.21. The van der Waals surface area contributed by atoms with Crippen molar-refractivity contribution < 1.29 is 22.7 Å². The molecule has 2 fully saturated rings. The van der Waals surface area contributed by atoms with Gasteiger partial charge in [-0.15, -0.1) is 11.3 Å². The van der Waals surface area contributed by atoms with E-state index >= 15 is 0 Å². The number of esters is 1. The van der Waals surface area contributed by atoms with Crippen molar-refractivity contribution in [2.75, 3.05) is 19.7 Å². The van der Waals surface area contributed by atoms with Crippen LogP contribution in [-0.4, -0.2) is 55.2 Å². The quantitative estimate of drug-likeness (QED) is 0.592. The Morgan fingerprint density at radius 1 is 1.06 bits per heavy atom. The highest BCUT2D eigenvalue weighted by molar-refractivity contribution is 7.89. The van der Waals surface area contributed by atoms with E-state index in [1.165, 1.54) is 28.6 Å². The lowest BCUT2D eigenvalue weighted by Gasteiger charge is -2.32. The van der Waals surface area contributed by atoms with Gasteiger partial charge in [-0.25, -0.2) is 13.2 Å². The summed E-state index contributed by atoms with van der Waals surface area (Å²) in [6.45, 7) is 2.76. The van der Waals surface area contributed by atoms with Gasteiger partial charge in [0, 0.05) is 24.0 Å². The molecular formula is C23H28N2O5S2. The summed E-state index contributed by atoms with van der Waals surface area (Å²) in [6, 6.07) is 9.75. The zero-order chi connectivity index (χ0) is 22.7. The molecule has 0 radical (unpaired) electrons. The average molecular weight is 477 g/mol. The highest BCUT2D eigenvalue weighted by Crippen LogP contribution is 2.34. The van der Waals surface area contributed by atoms with Crippen LogP contribution in [-0.2, 0) is 19.6 Å². The second kappa shape index (κ2) is 9.72. The second-order valence-electron chi connectivity index (χ2n) is 8.32. The van der Waals surface area contributed by atoms with Crippen molar-refractivity contribution in [2.24, 2.45) is 0 Å². The number of hydrogen-bond acceptors (Lipinski definition) is 6. The Morgan fingerprint density at radius 3 is 2.53 bits per heavy atom. The van der Waals surface area contributed by atoms with Crippen LogP contribution < -0.4 is 0 Å². The van der Waals surface area contributed by atoms with Crippen molar-refractivity contribution in [1.82, 2.24) is 9.21 Å². The molecule has 172 valence electrons. The normalized spacial score (nSPS) is 22.1. The minimum Gasteiger partial charge on any atom is -0.452 e. The number of amides is 1. The van der Waals surface area contributed by atoms with Crippen LogP contribution in [0.3, 0.4) is 0 Å². The molecule has 4 rings (SSSR count). The lowest BCUT2D eigenvalue weighted by atomic mass is 10.1. The van der Waals surface area contributed by atoms with Crippen LogP contribution in [0.4, 0.5) is 0 Å². The van der Waals surface area contributed by atoms with Gasteiger partial charge in [-0.05, 0) is 68.3 Å². The van der Waals surface area contributed by atoms with E-state index in [0.717, 1.165) is 37.0 Å². The van der Waals surface area contributed by atoms with Crippen LogP contribution in [0.1, 0.15) is 60.3 Å². The van der Waals surface area contributed by atoms with Crippen LogP contribution in [0.25, 0.3) is 0 Å². The van der Waals surface area contributed by atoms with Crippen molar-refractivity contribution in [3.63, 3.8) is 0 Å². The Kier molecular flexibility index (Phi) is 6.97. The third kappa shape index (κ3) is 4.74. The van der Waals surface area contributed by atoms with Crippen molar-refractivity contribution in [3.05, 3.63) is 52.2 Å². The first-order chi connectivity index (χ1) is 15.4. The summed E-state index contributed by atoms with van der Waals surface area (Å²) >= 11 is 1.62. The maximum absolute atomic E-state index is 12.9. The molecule has 0 aliphatic carbocycles. The van der Waals surface area contributed by atoms with Crippen LogP contribution in [0.15, 0.2) is 46.7 Å². The van der Waals surface area contributed by atoms with Crippen molar-refractivity contribution in [3.8, 4) is 0 Å². The molecule has 1 aromatic carbocycles. The summed E-state index contributed by atoms with van der Waals surface area (Å²) in [5, 5.41) is 1.99. The van der Waals surface area contributed by atoms with Crippen LogP contribution in [0, 0.1) is 0 Å². The first kappa shape index (κ1) is 22.9. The lowest BCUT2D eigenvalue weighted by molar-refractivity contribution is -0.135. The van der Waals surface area contributed by atoms with E-state index in [1.54, 1.807) is 16.2 Å². The molecular weight excluding hydrogens is 448 g/mol. The number of carbonyl (C=O) groups is 2. The van der Waals surface area contributed by atoms with Gasteiger partial charge in [0.25, 0.3) is 5.91 Å². The van der Waals surface area contributed by atoms with Gasteiger partial charge in [0.1, 0.15) is 0 Å². The number of benzene rings is 1. The van der Waals surface area contributed by atoms with Crippen LogP contribution in [0.5, 0.6) is 0 Å². The van der Waals surface area contributed by atoms with Gasteiger partial charge in [-0.1, -0.05) is 12.5 Å². The highest BCUT2D eigenvalue weighted by Gasteiger charge is 2.32. The average Bonchev–Trinajstić information content (AvgIpc) is 3.49. The van der Waals surface area contributed by atoms with Crippen molar-refractivity contribution >= 4 is 33.2 Å². The van der Waals surface area contributed by atoms with E-state index in [1.807, 2.05) is 24.4 Å². The molecule has 2 aliphatic rings. The SMILES string of the molecule is CC1CCCCN1S(=O)(=O)c1ccc(C(=O)OCC(=O)N2CCCC2c2cccs2)cc1. The summed E-state index contributed by atoms with van der Waals surface area (Å²) in [7, 11) is -3.60. The molecule has 3 heterocycles. The van der Waals surface area contributed by atoms with E-state index in [4.69, 9.17) is 4.74 Å². The van der Waals surface area contributed by atoms with Crippen molar-refractivity contribution in [1.29, 1.82) is 0 Å². The van der Waals surface area contributed by atoms with E-state index in [0.29, 0.717) is 13.1 Å². The number of hydrogen-bond donors (Lipinski definition) is 0. The zero-order valence-electron chi connectivity index (χ0n) is 18.1. The predicted octanol–water partition coefficient (Wildman–Crippen LogP) is 3.83. The predicted molar refractivity (Wildman–Crippen MR) is 122 cm³/mol. The molecule has 9 heteroatoms. The first-order valence-corrected chi connectivity index (χ1v) is 13.3. The number of piperidine rings is 1. The largest absolute Gasteiger partial charge is 0.452 e. The molecule has 1 aromatic heterocycles. The molecule has 2 aliphatic heterocycles. The molecule has 7 nitrogen and oxygen atoms in total. The Morgan fingerprint density at radius 2 is 1.84 bits per heavy atom. The molecule has 1 amide bonds. The summed E-state index contributed by atoms with van der Waals surface area (Å²) < 4.78 is 32.6. The van der Waals surface area contributed by atoms with Gasteiger partial charge in [0.2, 0.25) is 10.0 Å². The molecule has 2 atom stereocenters. The number of thiophene rings is 1. The van der Waals surface area contributed by atoms with E-state index < -0.39 is 16.0 Å². The van der Waals surface area contributed by atoms with Gasteiger partial charge < -0.3 is 9.64 Å². The maximum atomic E-state index is 12.9. The van der Waals surface area contributed by atoms with Crippen LogP contribution in [0.2, 0.25) is 0 Å². The summed E-state index contributed by atoms with van der Waals surface area (Å²) in [6.07, 6.45) is 4.57. The minimum atomic E-state index is -3.60. The van der Waals surface area contributed by atoms with E-state index in [9.17, 15) is 18.0 Å². The molecule has 0 N–H and O–H groups in total. The van der Waals surface area contributed by atoms with Crippen molar-refractivity contribution in [2.45, 2.75) is 56.0 Å².